The predicted molar refractivity (Wildman–Crippen MR) is 115 cm³/mol. The molecule has 0 N–H and O–H groups in total. The summed E-state index contributed by atoms with van der Waals surface area (Å²) in [6, 6.07) is 15.3. The van der Waals surface area contributed by atoms with Gasteiger partial charge < -0.3 is 14.5 Å². The van der Waals surface area contributed by atoms with E-state index in [-0.39, 0.29) is 5.82 Å². The van der Waals surface area contributed by atoms with Gasteiger partial charge in [-0.3, -0.25) is 0 Å². The second-order valence-electron chi connectivity index (χ2n) is 8.06. The zero-order valence-electron chi connectivity index (χ0n) is 17.4. The van der Waals surface area contributed by atoms with Crippen molar-refractivity contribution in [2.75, 3.05) is 45.2 Å². The van der Waals surface area contributed by atoms with Crippen LogP contribution < -0.4 is 9.64 Å². The highest BCUT2D eigenvalue weighted by Crippen LogP contribution is 2.34. The number of rotatable bonds is 8. The van der Waals surface area contributed by atoms with Crippen molar-refractivity contribution in [2.24, 2.45) is 5.92 Å². The van der Waals surface area contributed by atoms with Crippen LogP contribution in [0.5, 0.6) is 5.75 Å². The molecule has 1 aliphatic heterocycles. The summed E-state index contributed by atoms with van der Waals surface area (Å²) in [6.45, 7) is 6.27. The van der Waals surface area contributed by atoms with Crippen molar-refractivity contribution < 1.29 is 9.13 Å². The smallest absolute Gasteiger partial charge is 0.123 e. The van der Waals surface area contributed by atoms with Crippen LogP contribution in [0.3, 0.4) is 0 Å². The van der Waals surface area contributed by atoms with E-state index in [4.69, 9.17) is 4.74 Å². The first-order valence-electron chi connectivity index (χ1n) is 10.4. The topological polar surface area (TPSA) is 15.7 Å². The van der Waals surface area contributed by atoms with Crippen LogP contribution in [-0.2, 0) is 0 Å². The third-order valence-corrected chi connectivity index (χ3v) is 5.76. The van der Waals surface area contributed by atoms with E-state index in [1.54, 1.807) is 12.1 Å². The van der Waals surface area contributed by atoms with Crippen molar-refractivity contribution in [3.05, 3.63) is 59.9 Å². The van der Waals surface area contributed by atoms with E-state index in [9.17, 15) is 4.39 Å². The highest BCUT2D eigenvalue weighted by atomic mass is 19.1. The van der Waals surface area contributed by atoms with E-state index in [0.717, 1.165) is 31.8 Å². The van der Waals surface area contributed by atoms with E-state index < -0.39 is 0 Å². The Bertz CT molecular complexity index is 714. The summed E-state index contributed by atoms with van der Waals surface area (Å²) in [7, 11) is 4.14. The summed E-state index contributed by atoms with van der Waals surface area (Å²) < 4.78 is 19.2. The first-order chi connectivity index (χ1) is 13.6. The number of anilines is 1. The number of hydrogen-bond acceptors (Lipinski definition) is 3. The molecular weight excluding hydrogens is 351 g/mol. The predicted octanol–water partition coefficient (Wildman–Crippen LogP) is 5.18. The minimum Gasteiger partial charge on any atom is -0.493 e. The Morgan fingerprint density at radius 1 is 1.07 bits per heavy atom. The molecule has 0 amide bonds. The number of benzene rings is 2. The molecule has 0 spiro atoms. The molecule has 1 fully saturated rings. The first kappa shape index (κ1) is 20.7. The maximum atomic E-state index is 13.2. The van der Waals surface area contributed by atoms with Gasteiger partial charge in [0.1, 0.15) is 11.6 Å². The molecule has 1 aliphatic rings. The summed E-state index contributed by atoms with van der Waals surface area (Å²) in [5.41, 5.74) is 2.62. The van der Waals surface area contributed by atoms with Gasteiger partial charge in [0.2, 0.25) is 0 Å². The molecule has 3 nitrogen and oxygen atoms in total. The van der Waals surface area contributed by atoms with E-state index in [0.29, 0.717) is 18.4 Å². The fourth-order valence-electron chi connectivity index (χ4n) is 4.05. The highest BCUT2D eigenvalue weighted by Gasteiger charge is 2.30. The molecule has 2 aromatic carbocycles. The zero-order valence-corrected chi connectivity index (χ0v) is 17.4. The number of ether oxygens (including phenoxy) is 1. The molecule has 0 aliphatic carbocycles. The molecule has 0 unspecified atom stereocenters. The van der Waals surface area contributed by atoms with Gasteiger partial charge in [-0.05, 0) is 73.8 Å². The van der Waals surface area contributed by atoms with Crippen molar-refractivity contribution in [3.8, 4) is 5.75 Å². The van der Waals surface area contributed by atoms with Crippen LogP contribution in [0.25, 0.3) is 0 Å². The van der Waals surface area contributed by atoms with Gasteiger partial charge in [-0.15, -0.1) is 0 Å². The maximum absolute atomic E-state index is 13.2. The van der Waals surface area contributed by atoms with E-state index in [2.05, 4.69) is 55.1 Å². The molecule has 2 atom stereocenters. The monoisotopic (exact) mass is 384 g/mol. The lowest BCUT2D eigenvalue weighted by molar-refractivity contribution is 0.110. The minimum absolute atomic E-state index is 0.227. The summed E-state index contributed by atoms with van der Waals surface area (Å²) in [4.78, 5) is 4.71. The van der Waals surface area contributed by atoms with Crippen molar-refractivity contribution >= 4 is 5.69 Å². The molecule has 1 heterocycles. The van der Waals surface area contributed by atoms with Crippen molar-refractivity contribution in [1.29, 1.82) is 0 Å². The number of unbranched alkanes of at least 4 members (excludes halogenated alkanes) is 1. The van der Waals surface area contributed by atoms with Gasteiger partial charge >= 0.3 is 0 Å². The average molecular weight is 385 g/mol. The van der Waals surface area contributed by atoms with Crippen LogP contribution in [0.2, 0.25) is 0 Å². The van der Waals surface area contributed by atoms with Crippen molar-refractivity contribution in [2.45, 2.75) is 32.1 Å². The second kappa shape index (κ2) is 9.92. The van der Waals surface area contributed by atoms with Crippen molar-refractivity contribution in [1.82, 2.24) is 4.90 Å². The van der Waals surface area contributed by atoms with Gasteiger partial charge in [-0.25, -0.2) is 4.39 Å². The number of likely N-dealkylation sites (tertiary alicyclic amines) is 1. The molecule has 0 radical (unpaired) electrons. The fraction of sp³-hybridized carbons (Fsp3) is 0.500. The Kier molecular flexibility index (Phi) is 7.32. The Morgan fingerprint density at radius 2 is 1.79 bits per heavy atom. The molecule has 1 saturated heterocycles. The molecule has 0 bridgehead atoms. The molecule has 4 heteroatoms. The lowest BCUT2D eigenvalue weighted by atomic mass is 9.80. The van der Waals surface area contributed by atoms with Gasteiger partial charge in [-0.1, -0.05) is 25.5 Å². The van der Waals surface area contributed by atoms with Gasteiger partial charge in [-0.2, -0.15) is 0 Å². The third kappa shape index (κ3) is 5.48. The first-order valence-corrected chi connectivity index (χ1v) is 10.4. The molecule has 2 aromatic rings. The van der Waals surface area contributed by atoms with Gasteiger partial charge in [0.05, 0.1) is 6.61 Å². The summed E-state index contributed by atoms with van der Waals surface area (Å²) in [6.07, 6.45) is 3.62. The Balaban J connectivity index is 1.71. The molecule has 152 valence electrons. The van der Waals surface area contributed by atoms with Gasteiger partial charge in [0, 0.05) is 32.2 Å². The normalized spacial score (nSPS) is 20.1. The van der Waals surface area contributed by atoms with E-state index in [1.165, 1.54) is 36.2 Å². The summed E-state index contributed by atoms with van der Waals surface area (Å²) in [5.74, 6) is 1.44. The standard InChI is InChI=1S/C24H33FN2O/c1-4-5-15-27-16-14-24(19-6-10-22(11-7-19)26(2)3)20(17-27)18-28-23-12-8-21(25)9-13-23/h6-13,20,24H,4-5,14-18H2,1-3H3/t20-,24-/m0/s1. The van der Waals surface area contributed by atoms with Crippen LogP contribution in [0.15, 0.2) is 48.5 Å². The van der Waals surface area contributed by atoms with Crippen LogP contribution in [-0.4, -0.2) is 45.2 Å². The second-order valence-corrected chi connectivity index (χ2v) is 8.06. The average Bonchev–Trinajstić information content (AvgIpc) is 2.72. The van der Waals surface area contributed by atoms with E-state index in [1.807, 2.05) is 0 Å². The van der Waals surface area contributed by atoms with Crippen LogP contribution in [0, 0.1) is 11.7 Å². The number of piperidine rings is 1. The van der Waals surface area contributed by atoms with Crippen molar-refractivity contribution in [3.63, 3.8) is 0 Å². The van der Waals surface area contributed by atoms with Crippen LogP contribution in [0.4, 0.5) is 10.1 Å². The van der Waals surface area contributed by atoms with Crippen LogP contribution in [0.1, 0.15) is 37.7 Å². The molecular formula is C24H33FN2O. The molecule has 28 heavy (non-hydrogen) atoms. The zero-order chi connectivity index (χ0) is 19.9. The number of hydrogen-bond donors (Lipinski definition) is 0. The summed E-state index contributed by atoms with van der Waals surface area (Å²) in [5, 5.41) is 0. The third-order valence-electron chi connectivity index (χ3n) is 5.76. The highest BCUT2D eigenvalue weighted by molar-refractivity contribution is 5.46. The fourth-order valence-corrected chi connectivity index (χ4v) is 4.05. The summed E-state index contributed by atoms with van der Waals surface area (Å²) >= 11 is 0. The largest absolute Gasteiger partial charge is 0.493 e. The van der Waals surface area contributed by atoms with Gasteiger partial charge in [0.15, 0.2) is 0 Å². The van der Waals surface area contributed by atoms with Gasteiger partial charge in [0.25, 0.3) is 0 Å². The Morgan fingerprint density at radius 3 is 2.43 bits per heavy atom. The molecule has 0 saturated carbocycles. The lowest BCUT2D eigenvalue weighted by Gasteiger charge is -2.39. The minimum atomic E-state index is -0.227. The Labute approximate surface area is 169 Å². The maximum Gasteiger partial charge on any atom is 0.123 e. The van der Waals surface area contributed by atoms with E-state index >= 15 is 0 Å². The molecule has 0 aromatic heterocycles. The Hall–Kier alpha value is -2.07. The quantitative estimate of drug-likeness (QED) is 0.624. The number of nitrogens with zero attached hydrogens (tertiary/aromatic N) is 2. The van der Waals surface area contributed by atoms with Crippen LogP contribution >= 0.6 is 0 Å². The number of halogens is 1. The molecule has 3 rings (SSSR count). The SMILES string of the molecule is CCCCN1CC[C@@H](c2ccc(N(C)C)cc2)[C@H](COc2ccc(F)cc2)C1. The lowest BCUT2D eigenvalue weighted by Crippen LogP contribution is -2.42.